The van der Waals surface area contributed by atoms with Crippen molar-refractivity contribution in [1.82, 2.24) is 0 Å². The van der Waals surface area contributed by atoms with Gasteiger partial charge in [-0.15, -0.1) is 0 Å². The molecule has 0 aliphatic carbocycles. The number of alkyl halides is 21. The van der Waals surface area contributed by atoms with Crippen LogP contribution < -0.4 is 0 Å². The summed E-state index contributed by atoms with van der Waals surface area (Å²) in [7, 11) is 7.38. The molecule has 2 aliphatic heterocycles. The Morgan fingerprint density at radius 2 is 0.400 bits per heavy atom. The van der Waals surface area contributed by atoms with E-state index in [1.165, 1.54) is 119 Å². The summed E-state index contributed by atoms with van der Waals surface area (Å²) < 4.78 is 321. The van der Waals surface area contributed by atoms with E-state index in [1.54, 1.807) is 52.0 Å². The highest BCUT2D eigenvalue weighted by Gasteiger charge is 2.45. The summed E-state index contributed by atoms with van der Waals surface area (Å²) in [5.41, 5.74) is -0.695. The maximum Gasteiger partial charge on any atom is 0.422 e. The molecule has 10 rings (SSSR count). The second-order valence-electron chi connectivity index (χ2n) is 41.3. The summed E-state index contributed by atoms with van der Waals surface area (Å²) in [6, 6.07) is 24.6. The van der Waals surface area contributed by atoms with Crippen molar-refractivity contribution in [3.05, 3.63) is 289 Å². The Bertz CT molecular complexity index is 4540. The van der Waals surface area contributed by atoms with Crippen LogP contribution in [-0.4, -0.2) is 26.4 Å². The predicted octanol–water partition coefficient (Wildman–Crippen LogP) is 38.9. The molecule has 2 heterocycles. The molecule has 0 saturated carbocycles. The van der Waals surface area contributed by atoms with Crippen LogP contribution in [0.1, 0.15) is 309 Å². The van der Waals surface area contributed by atoms with Crippen LogP contribution in [0, 0.1) is 79.0 Å². The van der Waals surface area contributed by atoms with Gasteiger partial charge in [-0.05, 0) is 208 Å². The van der Waals surface area contributed by atoms with Gasteiger partial charge >= 0.3 is 43.2 Å². The summed E-state index contributed by atoms with van der Waals surface area (Å²) in [5, 5.41) is 1.42. The van der Waals surface area contributed by atoms with Gasteiger partial charge < -0.3 is 8.73 Å². The van der Waals surface area contributed by atoms with Gasteiger partial charge in [0.1, 0.15) is 32.0 Å². The van der Waals surface area contributed by atoms with Crippen molar-refractivity contribution in [1.29, 1.82) is 0 Å². The lowest BCUT2D eigenvalue weighted by Crippen LogP contribution is -2.23. The van der Waals surface area contributed by atoms with Gasteiger partial charge in [-0.25, -0.2) is 17.6 Å². The molecule has 2 nitrogen and oxygen atoms in total. The van der Waals surface area contributed by atoms with E-state index in [9.17, 15) is 110 Å². The number of halogens is 30. The minimum atomic E-state index is -5.51. The first kappa shape index (κ1) is 126. The molecular formula is C103H128Cl5F25O2. The van der Waals surface area contributed by atoms with E-state index < -0.39 is 116 Å². The zero-order chi connectivity index (χ0) is 106. The molecule has 762 valence electrons. The van der Waals surface area contributed by atoms with Crippen LogP contribution in [0.4, 0.5) is 110 Å². The van der Waals surface area contributed by atoms with Crippen LogP contribution in [0.3, 0.4) is 0 Å². The van der Waals surface area contributed by atoms with Crippen LogP contribution in [-0.2, 0) is 95.3 Å². The number of benzene rings is 8. The van der Waals surface area contributed by atoms with Crippen molar-refractivity contribution in [2.24, 2.45) is 0 Å². The lowest BCUT2D eigenvalue weighted by atomic mass is 9.83. The first-order valence-corrected chi connectivity index (χ1v) is 44.4. The summed E-state index contributed by atoms with van der Waals surface area (Å²) in [4.78, 5) is 0. The molecule has 32 heteroatoms. The standard InChI is InChI=1S/6C12H15F3.C11H9F7.C10H9Cl5.2C5H10O/c4*1-8-5-9(11(2,3)4)7-10(6-8)12(13,14)15;2*1-8-5-6-9(12(13,14)15)7-10(8)11(2,3)4;1-10(2,3)4-6(12)8(14)5(11(16,17)18)9(15)7(4)13;1-10(2,3)4-5(11)7(13)9(15)8(14)6(4)12;2*1-6-4-2-3-5-6/h6*5-7H,1-4H3;1-3H3;1-3H3;2*1-5H2. The summed E-state index contributed by atoms with van der Waals surface area (Å²) in [5.74, 6) is -8.89. The molecule has 0 bridgehead atoms. The monoisotopic (exact) mass is 2050 g/mol. The van der Waals surface area contributed by atoms with Gasteiger partial charge in [-0.1, -0.05) is 297 Å². The van der Waals surface area contributed by atoms with E-state index in [4.69, 9.17) is 58.0 Å². The number of hydrogen-bond acceptors (Lipinski definition) is 0. The lowest BCUT2D eigenvalue weighted by Gasteiger charge is -2.24. The molecule has 2 aliphatic rings. The molecule has 2 fully saturated rings. The highest BCUT2D eigenvalue weighted by Crippen LogP contribution is 2.49. The highest BCUT2D eigenvalue weighted by molar-refractivity contribution is 6.55. The molecule has 0 unspecified atom stereocenters. The SMILES string of the molecule is CC(C)(C)c1c(Cl)c(Cl)c(Cl)c(Cl)c1Cl.CC(C)(C)c1c(F)c(F)c(C(F)(F)F)c(F)c1F.Cc1cc(C(C)(C)C)cc(C(F)(F)F)c1.Cc1cc(C(C)(C)C)cc(C(F)(F)F)c1.Cc1cc(C(C)(C)C)cc(C(F)(F)F)c1.Cc1cc(C(C)(C)C)cc(C(F)(F)F)c1.Cc1ccc(C(F)(F)F)cc1C(C)(C)C.Cc1ccc(C(F)(F)F)cc1C(C)(C)C.[CH2-][O+]1CCCC1.[CH2-][O+]1CCCC1. The van der Waals surface area contributed by atoms with E-state index in [0.29, 0.717) is 37.9 Å². The van der Waals surface area contributed by atoms with Gasteiger partial charge in [-0.3, -0.25) is 0 Å². The van der Waals surface area contributed by atoms with Gasteiger partial charge in [0, 0.05) is 31.2 Å². The lowest BCUT2D eigenvalue weighted by molar-refractivity contribution is -0.143. The Hall–Kier alpha value is -6.62. The zero-order valence-corrected chi connectivity index (χ0v) is 85.9. The van der Waals surface area contributed by atoms with E-state index >= 15 is 0 Å². The third kappa shape index (κ3) is 41.6. The third-order valence-corrected chi connectivity index (χ3v) is 22.6. The number of aryl methyl sites for hydroxylation is 6. The van der Waals surface area contributed by atoms with Crippen molar-refractivity contribution < 1.29 is 118 Å². The maximum atomic E-state index is 13.4. The third-order valence-electron chi connectivity index (χ3n) is 20.3. The van der Waals surface area contributed by atoms with Crippen LogP contribution in [0.5, 0.6) is 0 Å². The molecule has 0 aromatic heterocycles. The Labute approximate surface area is 806 Å². The highest BCUT2D eigenvalue weighted by atomic mass is 35.5. The van der Waals surface area contributed by atoms with Crippen molar-refractivity contribution in [2.45, 2.75) is 320 Å². The molecule has 0 atom stereocenters. The molecule has 0 radical (unpaired) electrons. The molecule has 0 spiro atoms. The fraction of sp³-hybridized carbons (Fsp3) is 0.515. The fourth-order valence-electron chi connectivity index (χ4n) is 13.0. The minimum Gasteiger partial charge on any atom is -0.570 e. The molecule has 0 N–H and O–H groups in total. The summed E-state index contributed by atoms with van der Waals surface area (Å²) in [6.45, 7) is 58.8. The van der Waals surface area contributed by atoms with E-state index in [0.717, 1.165) is 83.1 Å². The van der Waals surface area contributed by atoms with Crippen LogP contribution in [0.15, 0.2) is 109 Å². The second-order valence-corrected chi connectivity index (χ2v) is 43.2. The first-order chi connectivity index (χ1) is 60.0. The Morgan fingerprint density at radius 1 is 0.215 bits per heavy atom. The number of rotatable bonds is 0. The Kier molecular flexibility index (Phi) is 45.2. The molecule has 2 saturated heterocycles. The molecule has 135 heavy (non-hydrogen) atoms. The normalized spacial score (nSPS) is 14.0. The van der Waals surface area contributed by atoms with Gasteiger partial charge in [0.25, 0.3) is 0 Å². The first-order valence-electron chi connectivity index (χ1n) is 42.6. The van der Waals surface area contributed by atoms with Gasteiger partial charge in [0.2, 0.25) is 0 Å². The topological polar surface area (TPSA) is 5.40 Å². The van der Waals surface area contributed by atoms with E-state index in [1.807, 2.05) is 159 Å². The van der Waals surface area contributed by atoms with Gasteiger partial charge in [-0.2, -0.15) is 92.2 Å². The van der Waals surface area contributed by atoms with E-state index in [2.05, 4.69) is 23.0 Å². The Morgan fingerprint density at radius 3 is 0.556 bits per heavy atom. The fourth-order valence-corrected chi connectivity index (χ4v) is 14.7. The van der Waals surface area contributed by atoms with Gasteiger partial charge in [0.15, 0.2) is 23.3 Å². The van der Waals surface area contributed by atoms with Crippen LogP contribution in [0.2, 0.25) is 25.1 Å². The number of hydrogen-bond donors (Lipinski definition) is 0. The van der Waals surface area contributed by atoms with Crippen molar-refractivity contribution in [3.63, 3.8) is 0 Å². The Balaban J connectivity index is 0.000000757. The molecule has 8 aromatic carbocycles. The average Bonchev–Trinajstić information content (AvgIpc) is 0.954. The van der Waals surface area contributed by atoms with Crippen molar-refractivity contribution >= 4 is 58.0 Å². The largest absolute Gasteiger partial charge is 0.570 e. The van der Waals surface area contributed by atoms with Crippen LogP contribution >= 0.6 is 58.0 Å². The maximum absolute atomic E-state index is 13.4. The average molecular weight is 2050 g/mol. The van der Waals surface area contributed by atoms with Crippen LogP contribution in [0.25, 0.3) is 0 Å². The van der Waals surface area contributed by atoms with Crippen molar-refractivity contribution in [3.8, 4) is 0 Å². The second kappa shape index (κ2) is 48.2. The predicted molar refractivity (Wildman–Crippen MR) is 500 cm³/mol. The van der Waals surface area contributed by atoms with E-state index in [-0.39, 0.29) is 53.0 Å². The van der Waals surface area contributed by atoms with Crippen molar-refractivity contribution in [2.75, 3.05) is 26.4 Å². The smallest absolute Gasteiger partial charge is 0.422 e. The zero-order valence-electron chi connectivity index (χ0n) is 82.1. The quantitative estimate of drug-likeness (QED) is 0.0469. The summed E-state index contributed by atoms with van der Waals surface area (Å²) in [6.07, 6.45) is -25.8. The molecule has 8 aromatic rings. The molecular weight excluding hydrogens is 1920 g/mol. The van der Waals surface area contributed by atoms with Gasteiger partial charge in [0.05, 0.1) is 58.5 Å². The molecule has 0 amide bonds. The minimum absolute atomic E-state index is 0.196. The summed E-state index contributed by atoms with van der Waals surface area (Å²) >= 11 is 30.0.